The van der Waals surface area contributed by atoms with Crippen LogP contribution in [-0.4, -0.2) is 28.8 Å². The zero-order valence-corrected chi connectivity index (χ0v) is 16.2. The summed E-state index contributed by atoms with van der Waals surface area (Å²) in [6, 6.07) is 14.2. The van der Waals surface area contributed by atoms with Gasteiger partial charge in [0, 0.05) is 14.1 Å². The van der Waals surface area contributed by atoms with Gasteiger partial charge in [-0.2, -0.15) is 0 Å². The maximum absolute atomic E-state index is 13.8. The van der Waals surface area contributed by atoms with Crippen LogP contribution < -0.4 is 4.52 Å². The molecule has 0 spiro atoms. The van der Waals surface area contributed by atoms with Crippen LogP contribution in [0.25, 0.3) is 0 Å². The van der Waals surface area contributed by atoms with E-state index in [2.05, 4.69) is 0 Å². The van der Waals surface area contributed by atoms with E-state index in [0.717, 1.165) is 5.56 Å². The molecular weight excluding hydrogens is 386 g/mol. The molecule has 0 aliphatic carbocycles. The lowest BCUT2D eigenvalue weighted by atomic mass is 10.2. The Morgan fingerprint density at radius 2 is 1.75 bits per heavy atom. The van der Waals surface area contributed by atoms with Crippen molar-refractivity contribution in [3.05, 3.63) is 64.1 Å². The highest BCUT2D eigenvalue weighted by Gasteiger charge is 2.52. The van der Waals surface area contributed by atoms with Crippen LogP contribution in [0.5, 0.6) is 5.75 Å². The second-order valence-electron chi connectivity index (χ2n) is 5.43. The topological polar surface area (TPSA) is 32.8 Å². The third kappa shape index (κ3) is 2.91. The first-order valence-electron chi connectivity index (χ1n) is 7.15. The maximum atomic E-state index is 13.8. The first-order chi connectivity index (χ1) is 11.3. The molecule has 126 valence electrons. The van der Waals surface area contributed by atoms with Gasteiger partial charge in [0.15, 0.2) is 10.9 Å². The molecule has 1 aliphatic heterocycles. The lowest BCUT2D eigenvalue weighted by molar-refractivity contribution is 0.415. The van der Waals surface area contributed by atoms with Crippen molar-refractivity contribution in [1.82, 2.24) is 9.57 Å². The predicted molar refractivity (Wildman–Crippen MR) is 102 cm³/mol. The molecule has 0 radical (unpaired) electrons. The molecule has 1 fully saturated rings. The minimum Gasteiger partial charge on any atom is -0.427 e. The second kappa shape index (κ2) is 6.57. The molecule has 0 aromatic heterocycles. The summed E-state index contributed by atoms with van der Waals surface area (Å²) in [5.41, 5.74) is 0.734. The predicted octanol–water partition coefficient (Wildman–Crippen LogP) is 5.43. The van der Waals surface area contributed by atoms with Crippen molar-refractivity contribution in [2.45, 2.75) is 5.78 Å². The summed E-state index contributed by atoms with van der Waals surface area (Å²) in [6.07, 6.45) is 0. The fraction of sp³-hybridized carbons (Fsp3) is 0.188. The van der Waals surface area contributed by atoms with Crippen LogP contribution in [0.3, 0.4) is 0 Å². The number of para-hydroxylation sites is 1. The van der Waals surface area contributed by atoms with Gasteiger partial charge in [-0.05, 0) is 42.0 Å². The Bertz CT molecular complexity index is 834. The van der Waals surface area contributed by atoms with Gasteiger partial charge in [0.05, 0.1) is 10.0 Å². The molecule has 0 N–H and O–H groups in total. The number of thiocarbonyl (C=S) groups is 1. The van der Waals surface area contributed by atoms with Crippen molar-refractivity contribution in [3.63, 3.8) is 0 Å². The standard InChI is InChI=1S/C16H15Cl2N2O2PS/c1-19-15(11-8-9-13(17)14(18)10-11)23(21,20(2)16(19)24)22-12-6-4-3-5-7-12/h3-10,15H,1-2H3. The minimum atomic E-state index is -3.35. The molecule has 1 heterocycles. The van der Waals surface area contributed by atoms with Gasteiger partial charge in [-0.25, -0.2) is 0 Å². The largest absolute Gasteiger partial charge is 0.427 e. The van der Waals surface area contributed by atoms with E-state index in [1.165, 1.54) is 4.67 Å². The molecule has 0 saturated carbocycles. The van der Waals surface area contributed by atoms with E-state index in [4.69, 9.17) is 39.9 Å². The quantitative estimate of drug-likeness (QED) is 0.506. The van der Waals surface area contributed by atoms with Crippen molar-refractivity contribution in [2.24, 2.45) is 0 Å². The SMILES string of the molecule is CN1C(=S)N(C)P(=O)(Oc2ccccc2)C1c1ccc(Cl)c(Cl)c1. The zero-order valence-electron chi connectivity index (χ0n) is 13.0. The van der Waals surface area contributed by atoms with E-state index in [-0.39, 0.29) is 0 Å². The van der Waals surface area contributed by atoms with Crippen LogP contribution in [0.1, 0.15) is 11.3 Å². The van der Waals surface area contributed by atoms with Crippen molar-refractivity contribution < 1.29 is 9.09 Å². The molecule has 1 saturated heterocycles. The van der Waals surface area contributed by atoms with Gasteiger partial charge in [0.2, 0.25) is 0 Å². The number of rotatable bonds is 3. The molecule has 2 atom stereocenters. The highest BCUT2D eigenvalue weighted by molar-refractivity contribution is 7.81. The lowest BCUT2D eigenvalue weighted by Gasteiger charge is -2.26. The van der Waals surface area contributed by atoms with Gasteiger partial charge < -0.3 is 9.42 Å². The van der Waals surface area contributed by atoms with Crippen LogP contribution in [0.4, 0.5) is 0 Å². The Morgan fingerprint density at radius 3 is 2.38 bits per heavy atom. The second-order valence-corrected chi connectivity index (χ2v) is 9.01. The Hall–Kier alpha value is -1.26. The molecule has 2 aromatic carbocycles. The number of nitrogens with zero attached hydrogens (tertiary/aromatic N) is 2. The van der Waals surface area contributed by atoms with Crippen molar-refractivity contribution in [2.75, 3.05) is 14.1 Å². The summed E-state index contributed by atoms with van der Waals surface area (Å²) in [5, 5.41) is 1.29. The van der Waals surface area contributed by atoms with Gasteiger partial charge in [0.25, 0.3) is 0 Å². The van der Waals surface area contributed by atoms with Gasteiger partial charge in [-0.15, -0.1) is 0 Å². The molecular formula is C16H15Cl2N2O2PS. The summed E-state index contributed by atoms with van der Waals surface area (Å²) >= 11 is 17.5. The molecule has 0 amide bonds. The van der Waals surface area contributed by atoms with Crippen LogP contribution in [0.2, 0.25) is 10.0 Å². The smallest absolute Gasteiger partial charge is 0.371 e. The summed E-state index contributed by atoms with van der Waals surface area (Å²) in [4.78, 5) is 1.76. The first-order valence-corrected chi connectivity index (χ1v) is 9.96. The van der Waals surface area contributed by atoms with Crippen molar-refractivity contribution >= 4 is 48.1 Å². The highest BCUT2D eigenvalue weighted by Crippen LogP contribution is 2.67. The van der Waals surface area contributed by atoms with E-state index < -0.39 is 13.3 Å². The molecule has 0 bridgehead atoms. The van der Waals surface area contributed by atoms with Crippen LogP contribution in [-0.2, 0) is 4.57 Å². The average Bonchev–Trinajstić information content (AvgIpc) is 2.72. The monoisotopic (exact) mass is 400 g/mol. The maximum Gasteiger partial charge on any atom is 0.371 e. The van der Waals surface area contributed by atoms with Crippen LogP contribution >= 0.6 is 42.9 Å². The third-order valence-corrected chi connectivity index (χ3v) is 8.09. The molecule has 2 unspecified atom stereocenters. The van der Waals surface area contributed by atoms with E-state index in [0.29, 0.717) is 20.9 Å². The van der Waals surface area contributed by atoms with E-state index >= 15 is 0 Å². The molecule has 3 rings (SSSR count). The molecule has 2 aromatic rings. The fourth-order valence-corrected chi connectivity index (χ4v) is 5.93. The highest BCUT2D eigenvalue weighted by atomic mass is 35.5. The molecule has 1 aliphatic rings. The van der Waals surface area contributed by atoms with E-state index in [1.54, 1.807) is 49.3 Å². The number of hydrogen-bond acceptors (Lipinski definition) is 3. The average molecular weight is 401 g/mol. The Kier molecular flexibility index (Phi) is 4.80. The van der Waals surface area contributed by atoms with Gasteiger partial charge in [-0.3, -0.25) is 9.24 Å². The van der Waals surface area contributed by atoms with Crippen LogP contribution in [0.15, 0.2) is 48.5 Å². The molecule has 8 heteroatoms. The summed E-state index contributed by atoms with van der Waals surface area (Å²) in [7, 11) is 0.126. The Morgan fingerprint density at radius 1 is 1.08 bits per heavy atom. The summed E-state index contributed by atoms with van der Waals surface area (Å²) in [6.45, 7) is 0. The summed E-state index contributed by atoms with van der Waals surface area (Å²) < 4.78 is 21.2. The zero-order chi connectivity index (χ0) is 17.5. The fourth-order valence-electron chi connectivity index (χ4n) is 2.66. The normalized spacial score (nSPS) is 23.7. The third-order valence-electron chi connectivity index (χ3n) is 3.89. The molecule has 4 nitrogen and oxygen atoms in total. The van der Waals surface area contributed by atoms with Crippen molar-refractivity contribution in [1.29, 1.82) is 0 Å². The lowest BCUT2D eigenvalue weighted by Crippen LogP contribution is -2.26. The van der Waals surface area contributed by atoms with E-state index in [9.17, 15) is 4.57 Å². The number of halogens is 2. The molecule has 24 heavy (non-hydrogen) atoms. The van der Waals surface area contributed by atoms with Crippen molar-refractivity contribution in [3.8, 4) is 5.75 Å². The summed E-state index contributed by atoms with van der Waals surface area (Å²) in [5.74, 6) is -0.0409. The van der Waals surface area contributed by atoms with Gasteiger partial charge >= 0.3 is 7.52 Å². The minimum absolute atomic E-state index is 0.397. The Labute approximate surface area is 156 Å². The first kappa shape index (κ1) is 17.6. The van der Waals surface area contributed by atoms with Gasteiger partial charge in [-0.1, -0.05) is 47.5 Å². The van der Waals surface area contributed by atoms with Crippen LogP contribution in [0, 0.1) is 0 Å². The number of benzene rings is 2. The number of hydrogen-bond donors (Lipinski definition) is 0. The van der Waals surface area contributed by atoms with E-state index in [1.807, 2.05) is 18.2 Å². The van der Waals surface area contributed by atoms with Gasteiger partial charge in [0.1, 0.15) is 5.75 Å². The Balaban J connectivity index is 2.08.